The number of nitrogens with zero attached hydrogens (tertiary/aromatic N) is 1. The van der Waals surface area contributed by atoms with Crippen LogP contribution in [0.1, 0.15) is 19.1 Å². The van der Waals surface area contributed by atoms with Crippen LogP contribution in [0.3, 0.4) is 0 Å². The fourth-order valence-electron chi connectivity index (χ4n) is 1.96. The number of H-pyrrole nitrogens is 1. The van der Waals surface area contributed by atoms with Gasteiger partial charge in [-0.25, -0.2) is 9.36 Å². The lowest BCUT2D eigenvalue weighted by Crippen LogP contribution is -2.33. The summed E-state index contributed by atoms with van der Waals surface area (Å²) in [5.41, 5.74) is -1.18. The number of phosphoric acid groups is 1. The lowest BCUT2D eigenvalue weighted by molar-refractivity contribution is -0.145. The molecule has 3 N–H and O–H groups in total. The van der Waals surface area contributed by atoms with Gasteiger partial charge in [0.2, 0.25) is 0 Å². The molecule has 1 saturated heterocycles. The average molecular weight is 322 g/mol. The van der Waals surface area contributed by atoms with Gasteiger partial charge < -0.3 is 14.7 Å². The number of phosphoric ester groups is 1. The van der Waals surface area contributed by atoms with Crippen LogP contribution in [-0.4, -0.2) is 39.1 Å². The van der Waals surface area contributed by atoms with Gasteiger partial charge in [-0.2, -0.15) is 0 Å². The fraction of sp³-hybridized carbons (Fsp3) is 0.600. The number of rotatable bonds is 5. The summed E-state index contributed by atoms with van der Waals surface area (Å²) in [5.74, 6) is 0. The minimum atomic E-state index is -4.34. The quantitative estimate of drug-likeness (QED) is 0.477. The fourth-order valence-corrected chi connectivity index (χ4v) is 2.46. The summed E-state index contributed by atoms with van der Waals surface area (Å²) < 4.78 is 26.4. The Bertz CT molecular complexity index is 655. The SMILES string of the molecule is COP(=O)(O)OC(O)[C@@H]1CC[C@H](n2ccc(=O)[nH]c2=O)O1. The molecule has 2 rings (SSSR count). The Hall–Kier alpha value is -1.29. The van der Waals surface area contributed by atoms with Gasteiger partial charge in [-0.3, -0.25) is 23.4 Å². The first-order chi connectivity index (χ1) is 9.82. The molecule has 1 fully saturated rings. The van der Waals surface area contributed by atoms with Crippen molar-refractivity contribution in [3.05, 3.63) is 33.1 Å². The molecule has 0 bridgehead atoms. The highest BCUT2D eigenvalue weighted by Crippen LogP contribution is 2.45. The van der Waals surface area contributed by atoms with E-state index in [1.807, 2.05) is 0 Å². The molecule has 21 heavy (non-hydrogen) atoms. The third-order valence-electron chi connectivity index (χ3n) is 2.98. The van der Waals surface area contributed by atoms with Gasteiger partial charge in [0, 0.05) is 19.4 Å². The smallest absolute Gasteiger partial charge is 0.365 e. The Morgan fingerprint density at radius 3 is 2.86 bits per heavy atom. The molecule has 0 spiro atoms. The maximum Gasteiger partial charge on any atom is 0.474 e. The van der Waals surface area contributed by atoms with E-state index >= 15 is 0 Å². The van der Waals surface area contributed by atoms with Crippen LogP contribution in [0.4, 0.5) is 0 Å². The maximum absolute atomic E-state index is 11.6. The van der Waals surface area contributed by atoms with Crippen LogP contribution in [0.2, 0.25) is 0 Å². The highest BCUT2D eigenvalue weighted by Gasteiger charge is 2.36. The van der Waals surface area contributed by atoms with E-state index < -0.39 is 37.7 Å². The van der Waals surface area contributed by atoms with Gasteiger partial charge in [-0.1, -0.05) is 0 Å². The zero-order valence-corrected chi connectivity index (χ0v) is 11.9. The predicted octanol–water partition coefficient (Wildman–Crippen LogP) is -0.704. The van der Waals surface area contributed by atoms with Crippen LogP contribution in [-0.2, 0) is 18.3 Å². The van der Waals surface area contributed by atoms with Crippen molar-refractivity contribution in [2.75, 3.05) is 7.11 Å². The van der Waals surface area contributed by atoms with Crippen LogP contribution >= 0.6 is 7.82 Å². The minimum Gasteiger partial charge on any atom is -0.365 e. The van der Waals surface area contributed by atoms with Gasteiger partial charge >= 0.3 is 13.5 Å². The molecule has 0 radical (unpaired) electrons. The van der Waals surface area contributed by atoms with Crippen molar-refractivity contribution in [1.82, 2.24) is 9.55 Å². The number of aromatic nitrogens is 2. The first-order valence-electron chi connectivity index (χ1n) is 6.04. The molecule has 0 amide bonds. The van der Waals surface area contributed by atoms with Gasteiger partial charge in [0.05, 0.1) is 0 Å². The Kier molecular flexibility index (Phi) is 4.77. The number of hydrogen-bond donors (Lipinski definition) is 3. The molecule has 0 saturated carbocycles. The lowest BCUT2D eigenvalue weighted by atomic mass is 10.2. The Morgan fingerprint density at radius 2 is 2.24 bits per heavy atom. The van der Waals surface area contributed by atoms with E-state index in [0.29, 0.717) is 12.8 Å². The molecule has 1 aromatic rings. The van der Waals surface area contributed by atoms with Crippen molar-refractivity contribution >= 4 is 7.82 Å². The van der Waals surface area contributed by atoms with E-state index in [1.165, 1.54) is 6.20 Å². The van der Waals surface area contributed by atoms with Gasteiger partial charge in [-0.15, -0.1) is 0 Å². The van der Waals surface area contributed by atoms with E-state index in [4.69, 9.17) is 9.63 Å². The number of hydrogen-bond acceptors (Lipinski definition) is 7. The van der Waals surface area contributed by atoms with Crippen molar-refractivity contribution in [3.63, 3.8) is 0 Å². The number of aromatic amines is 1. The summed E-state index contributed by atoms with van der Waals surface area (Å²) in [5, 5.41) is 9.69. The molecule has 1 aliphatic rings. The monoisotopic (exact) mass is 322 g/mol. The van der Waals surface area contributed by atoms with Crippen molar-refractivity contribution in [1.29, 1.82) is 0 Å². The van der Waals surface area contributed by atoms with Crippen molar-refractivity contribution in [2.45, 2.75) is 31.5 Å². The maximum atomic E-state index is 11.6. The third kappa shape index (κ3) is 3.88. The van der Waals surface area contributed by atoms with E-state index in [0.717, 1.165) is 17.7 Å². The second-order valence-corrected chi connectivity index (χ2v) is 5.88. The van der Waals surface area contributed by atoms with Crippen molar-refractivity contribution in [3.8, 4) is 0 Å². The standard InChI is InChI=1S/C10H15N2O8P/c1-18-21(16,17)20-9(14)6-2-3-8(19-6)12-5-4-7(13)11-10(12)15/h4-6,8-9,14H,2-3H2,1H3,(H,16,17)(H,11,13,15)/t6-,8+,9?/m0/s1. The molecule has 4 atom stereocenters. The highest BCUT2D eigenvalue weighted by atomic mass is 31.2. The topological polar surface area (TPSA) is 140 Å². The zero-order valence-electron chi connectivity index (χ0n) is 11.0. The van der Waals surface area contributed by atoms with Crippen LogP contribution < -0.4 is 11.2 Å². The van der Waals surface area contributed by atoms with E-state index in [9.17, 15) is 19.3 Å². The molecule has 11 heteroatoms. The summed E-state index contributed by atoms with van der Waals surface area (Å²) in [6, 6.07) is 1.16. The predicted molar refractivity (Wildman–Crippen MR) is 68.4 cm³/mol. The number of aliphatic hydroxyl groups excluding tert-OH is 1. The number of nitrogens with one attached hydrogen (secondary N) is 1. The summed E-state index contributed by atoms with van der Waals surface area (Å²) in [6.07, 6.45) is -1.36. The second-order valence-electron chi connectivity index (χ2n) is 4.37. The first kappa shape index (κ1) is 16.1. The van der Waals surface area contributed by atoms with E-state index in [2.05, 4.69) is 14.0 Å². The molecule has 1 aromatic heterocycles. The van der Waals surface area contributed by atoms with Crippen molar-refractivity contribution < 1.29 is 28.3 Å². The molecule has 10 nitrogen and oxygen atoms in total. The summed E-state index contributed by atoms with van der Waals surface area (Å²) in [6.45, 7) is 0. The molecule has 1 aliphatic heterocycles. The third-order valence-corrected chi connectivity index (χ3v) is 3.93. The molecule has 118 valence electrons. The molecule has 0 aromatic carbocycles. The lowest BCUT2D eigenvalue weighted by Gasteiger charge is -2.21. The van der Waals surface area contributed by atoms with Crippen molar-refractivity contribution in [2.24, 2.45) is 0 Å². The van der Waals surface area contributed by atoms with Gasteiger partial charge in [0.15, 0.2) is 6.29 Å². The minimum absolute atomic E-state index is 0.293. The normalized spacial score (nSPS) is 26.4. The Labute approximate surface area is 118 Å². The van der Waals surface area contributed by atoms with Gasteiger partial charge in [0.1, 0.15) is 12.3 Å². The number of aliphatic hydroxyl groups is 1. The summed E-state index contributed by atoms with van der Waals surface area (Å²) in [7, 11) is -3.37. The molecule has 2 unspecified atom stereocenters. The Balaban J connectivity index is 2.05. The van der Waals surface area contributed by atoms with Crippen LogP contribution in [0, 0.1) is 0 Å². The van der Waals surface area contributed by atoms with Crippen LogP contribution in [0.25, 0.3) is 0 Å². The zero-order chi connectivity index (χ0) is 15.6. The van der Waals surface area contributed by atoms with Crippen LogP contribution in [0.5, 0.6) is 0 Å². The summed E-state index contributed by atoms with van der Waals surface area (Å²) in [4.78, 5) is 33.8. The summed E-state index contributed by atoms with van der Waals surface area (Å²) >= 11 is 0. The molecule has 0 aliphatic carbocycles. The van der Waals surface area contributed by atoms with Gasteiger partial charge in [-0.05, 0) is 12.8 Å². The number of ether oxygens (including phenoxy) is 1. The molecular formula is C10H15N2O8P. The van der Waals surface area contributed by atoms with E-state index in [-0.39, 0.29) is 0 Å². The molecular weight excluding hydrogens is 307 g/mol. The highest BCUT2D eigenvalue weighted by molar-refractivity contribution is 7.47. The van der Waals surface area contributed by atoms with Crippen LogP contribution in [0.15, 0.2) is 21.9 Å². The average Bonchev–Trinajstić information content (AvgIpc) is 2.88. The van der Waals surface area contributed by atoms with E-state index in [1.54, 1.807) is 0 Å². The molecule has 2 heterocycles. The van der Waals surface area contributed by atoms with Gasteiger partial charge in [0.25, 0.3) is 5.56 Å². The largest absolute Gasteiger partial charge is 0.474 e. The Morgan fingerprint density at radius 1 is 1.52 bits per heavy atom. The second kappa shape index (κ2) is 6.22. The first-order valence-corrected chi connectivity index (χ1v) is 7.54.